The Kier molecular flexibility index (Phi) is 5.33. The summed E-state index contributed by atoms with van der Waals surface area (Å²) < 4.78 is 10.6. The fourth-order valence-corrected chi connectivity index (χ4v) is 2.90. The SMILES string of the molecule is COc1ccc(-c2cnnc(NCc3cc(-c4ccccc4)n[nH]3)n2)cc1OC. The summed E-state index contributed by atoms with van der Waals surface area (Å²) in [5.74, 6) is 1.71. The number of ether oxygens (including phenoxy) is 2. The van der Waals surface area contributed by atoms with Gasteiger partial charge in [0.05, 0.1) is 44.0 Å². The Hall–Kier alpha value is -3.94. The minimum Gasteiger partial charge on any atom is -0.493 e. The molecule has 146 valence electrons. The molecule has 8 heteroatoms. The van der Waals surface area contributed by atoms with Gasteiger partial charge in [0.25, 0.3) is 0 Å². The summed E-state index contributed by atoms with van der Waals surface area (Å²) in [6, 6.07) is 17.6. The topological polar surface area (TPSA) is 97.8 Å². The molecule has 2 aromatic carbocycles. The Morgan fingerprint density at radius 2 is 1.72 bits per heavy atom. The number of nitrogens with zero attached hydrogens (tertiary/aromatic N) is 4. The highest BCUT2D eigenvalue weighted by Crippen LogP contribution is 2.31. The molecule has 29 heavy (non-hydrogen) atoms. The van der Waals surface area contributed by atoms with Crippen LogP contribution in [0.2, 0.25) is 0 Å². The van der Waals surface area contributed by atoms with Gasteiger partial charge in [-0.1, -0.05) is 30.3 Å². The van der Waals surface area contributed by atoms with E-state index in [1.807, 2.05) is 54.6 Å². The Balaban J connectivity index is 1.48. The molecule has 0 saturated carbocycles. The molecule has 0 spiro atoms. The molecule has 2 N–H and O–H groups in total. The third kappa shape index (κ3) is 4.16. The van der Waals surface area contributed by atoms with Gasteiger partial charge in [0, 0.05) is 11.1 Å². The van der Waals surface area contributed by atoms with Gasteiger partial charge < -0.3 is 14.8 Å². The molecule has 0 atom stereocenters. The van der Waals surface area contributed by atoms with Crippen LogP contribution >= 0.6 is 0 Å². The summed E-state index contributed by atoms with van der Waals surface area (Å²) in [4.78, 5) is 4.54. The van der Waals surface area contributed by atoms with Crippen molar-refractivity contribution in [3.8, 4) is 34.0 Å². The third-order valence-corrected chi connectivity index (χ3v) is 4.38. The number of aromatic amines is 1. The van der Waals surface area contributed by atoms with Gasteiger partial charge >= 0.3 is 0 Å². The second kappa shape index (κ2) is 8.39. The second-order valence-corrected chi connectivity index (χ2v) is 6.23. The Labute approximate surface area is 167 Å². The number of aromatic nitrogens is 5. The Bertz CT molecular complexity index is 1100. The Morgan fingerprint density at radius 1 is 0.897 bits per heavy atom. The molecule has 0 fully saturated rings. The quantitative estimate of drug-likeness (QED) is 0.499. The van der Waals surface area contributed by atoms with E-state index >= 15 is 0 Å². The van der Waals surface area contributed by atoms with E-state index in [0.29, 0.717) is 29.7 Å². The number of hydrogen-bond acceptors (Lipinski definition) is 7. The van der Waals surface area contributed by atoms with Crippen molar-refractivity contribution in [2.75, 3.05) is 19.5 Å². The zero-order valence-corrected chi connectivity index (χ0v) is 16.1. The van der Waals surface area contributed by atoms with Crippen LogP contribution in [0.5, 0.6) is 11.5 Å². The summed E-state index contributed by atoms with van der Waals surface area (Å²) in [6.07, 6.45) is 1.61. The van der Waals surface area contributed by atoms with E-state index in [-0.39, 0.29) is 0 Å². The first-order valence-electron chi connectivity index (χ1n) is 9.02. The zero-order valence-electron chi connectivity index (χ0n) is 16.1. The number of nitrogens with one attached hydrogen (secondary N) is 2. The van der Waals surface area contributed by atoms with Crippen molar-refractivity contribution in [3.05, 3.63) is 66.5 Å². The molecule has 0 aliphatic carbocycles. The van der Waals surface area contributed by atoms with Gasteiger partial charge in [-0.15, -0.1) is 5.10 Å². The summed E-state index contributed by atoms with van der Waals surface area (Å²) >= 11 is 0. The van der Waals surface area contributed by atoms with Gasteiger partial charge in [-0.3, -0.25) is 5.10 Å². The predicted molar refractivity (Wildman–Crippen MR) is 110 cm³/mol. The van der Waals surface area contributed by atoms with Crippen molar-refractivity contribution in [2.24, 2.45) is 0 Å². The number of hydrogen-bond donors (Lipinski definition) is 2. The maximum absolute atomic E-state index is 5.36. The fraction of sp³-hybridized carbons (Fsp3) is 0.143. The van der Waals surface area contributed by atoms with E-state index in [0.717, 1.165) is 22.5 Å². The zero-order chi connectivity index (χ0) is 20.1. The lowest BCUT2D eigenvalue weighted by atomic mass is 10.1. The van der Waals surface area contributed by atoms with Gasteiger partial charge in [-0.2, -0.15) is 10.2 Å². The van der Waals surface area contributed by atoms with Crippen LogP contribution < -0.4 is 14.8 Å². The fourth-order valence-electron chi connectivity index (χ4n) is 2.90. The molecule has 4 rings (SSSR count). The van der Waals surface area contributed by atoms with Crippen molar-refractivity contribution in [2.45, 2.75) is 6.54 Å². The molecular weight excluding hydrogens is 368 g/mol. The van der Waals surface area contributed by atoms with Gasteiger partial charge in [-0.25, -0.2) is 4.98 Å². The van der Waals surface area contributed by atoms with Gasteiger partial charge in [-0.05, 0) is 24.3 Å². The number of H-pyrrole nitrogens is 1. The third-order valence-electron chi connectivity index (χ3n) is 4.38. The van der Waals surface area contributed by atoms with Crippen LogP contribution in [0.25, 0.3) is 22.5 Å². The molecule has 0 radical (unpaired) electrons. The number of anilines is 1. The number of methoxy groups -OCH3 is 2. The van der Waals surface area contributed by atoms with Gasteiger partial charge in [0.1, 0.15) is 0 Å². The maximum Gasteiger partial charge on any atom is 0.243 e. The smallest absolute Gasteiger partial charge is 0.243 e. The van der Waals surface area contributed by atoms with Crippen LogP contribution in [-0.2, 0) is 6.54 Å². The monoisotopic (exact) mass is 388 g/mol. The van der Waals surface area contributed by atoms with Crippen LogP contribution in [-0.4, -0.2) is 39.6 Å². The van der Waals surface area contributed by atoms with E-state index in [1.54, 1.807) is 20.4 Å². The lowest BCUT2D eigenvalue weighted by Gasteiger charge is -2.09. The normalized spacial score (nSPS) is 10.6. The molecule has 8 nitrogen and oxygen atoms in total. The number of benzene rings is 2. The second-order valence-electron chi connectivity index (χ2n) is 6.23. The Morgan fingerprint density at radius 3 is 2.52 bits per heavy atom. The van der Waals surface area contributed by atoms with Crippen LogP contribution in [0.4, 0.5) is 5.95 Å². The first kappa shape index (κ1) is 18.4. The molecule has 0 bridgehead atoms. The minimum absolute atomic E-state index is 0.424. The molecule has 0 unspecified atom stereocenters. The highest BCUT2D eigenvalue weighted by atomic mass is 16.5. The van der Waals surface area contributed by atoms with Crippen molar-refractivity contribution in [1.82, 2.24) is 25.4 Å². The first-order chi connectivity index (χ1) is 14.3. The summed E-state index contributed by atoms with van der Waals surface area (Å²) in [6.45, 7) is 0.497. The van der Waals surface area contributed by atoms with Crippen LogP contribution in [0, 0.1) is 0 Å². The first-order valence-corrected chi connectivity index (χ1v) is 9.02. The van der Waals surface area contributed by atoms with E-state index < -0.39 is 0 Å². The van der Waals surface area contributed by atoms with Crippen molar-refractivity contribution in [3.63, 3.8) is 0 Å². The highest BCUT2D eigenvalue weighted by molar-refractivity contribution is 5.64. The predicted octanol–water partition coefficient (Wildman–Crippen LogP) is 3.56. The van der Waals surface area contributed by atoms with Crippen LogP contribution in [0.15, 0.2) is 60.8 Å². The summed E-state index contributed by atoms with van der Waals surface area (Å²) in [7, 11) is 3.20. The molecule has 0 aliphatic rings. The molecule has 2 aromatic heterocycles. The summed E-state index contributed by atoms with van der Waals surface area (Å²) in [5.41, 5.74) is 4.40. The summed E-state index contributed by atoms with van der Waals surface area (Å²) in [5, 5.41) is 18.7. The minimum atomic E-state index is 0.424. The molecule has 0 amide bonds. The van der Waals surface area contributed by atoms with Crippen LogP contribution in [0.1, 0.15) is 5.69 Å². The molecule has 0 saturated heterocycles. The van der Waals surface area contributed by atoms with E-state index in [4.69, 9.17) is 9.47 Å². The van der Waals surface area contributed by atoms with Crippen molar-refractivity contribution in [1.29, 1.82) is 0 Å². The standard InChI is InChI=1S/C21H20N6O2/c1-28-19-9-8-15(10-20(19)29-2)18-13-23-27-21(24-18)22-12-16-11-17(26-25-16)14-6-4-3-5-7-14/h3-11,13H,12H2,1-2H3,(H,25,26)(H,22,24,27). The van der Waals surface area contributed by atoms with E-state index in [2.05, 4.69) is 30.7 Å². The molecule has 2 heterocycles. The lowest BCUT2D eigenvalue weighted by molar-refractivity contribution is 0.355. The highest BCUT2D eigenvalue weighted by Gasteiger charge is 2.09. The van der Waals surface area contributed by atoms with E-state index in [9.17, 15) is 0 Å². The van der Waals surface area contributed by atoms with Gasteiger partial charge in [0.15, 0.2) is 11.5 Å². The van der Waals surface area contributed by atoms with Crippen molar-refractivity contribution < 1.29 is 9.47 Å². The number of rotatable bonds is 7. The van der Waals surface area contributed by atoms with Crippen LogP contribution in [0.3, 0.4) is 0 Å². The molecule has 0 aliphatic heterocycles. The van der Waals surface area contributed by atoms with Gasteiger partial charge in [0.2, 0.25) is 5.95 Å². The molecular formula is C21H20N6O2. The maximum atomic E-state index is 5.36. The average Bonchev–Trinajstić information content (AvgIpc) is 3.27. The lowest BCUT2D eigenvalue weighted by Crippen LogP contribution is -2.05. The average molecular weight is 388 g/mol. The largest absolute Gasteiger partial charge is 0.493 e. The van der Waals surface area contributed by atoms with E-state index in [1.165, 1.54) is 0 Å². The van der Waals surface area contributed by atoms with Crippen molar-refractivity contribution >= 4 is 5.95 Å². The molecule has 4 aromatic rings.